The number of rotatable bonds is 3. The third-order valence-corrected chi connectivity index (χ3v) is 4.61. The van der Waals surface area contributed by atoms with Crippen LogP contribution in [0.25, 0.3) is 10.9 Å². The maximum atomic E-state index is 13.1. The molecule has 0 aliphatic carbocycles. The van der Waals surface area contributed by atoms with Gasteiger partial charge in [0.1, 0.15) is 0 Å². The second-order valence-corrected chi connectivity index (χ2v) is 6.10. The molecule has 0 radical (unpaired) electrons. The molecule has 122 valence electrons. The van der Waals surface area contributed by atoms with Crippen LogP contribution in [0, 0.1) is 6.92 Å². The molecule has 1 amide bonds. The van der Waals surface area contributed by atoms with E-state index in [-0.39, 0.29) is 18.1 Å². The summed E-state index contributed by atoms with van der Waals surface area (Å²) in [6.07, 6.45) is 1.82. The first-order valence-corrected chi connectivity index (χ1v) is 8.04. The lowest BCUT2D eigenvalue weighted by atomic mass is 9.97. The van der Waals surface area contributed by atoms with Gasteiger partial charge in [-0.3, -0.25) is 9.78 Å². The van der Waals surface area contributed by atoms with E-state index in [0.29, 0.717) is 18.7 Å². The molecule has 1 aromatic heterocycles. The predicted octanol–water partition coefficient (Wildman–Crippen LogP) is 2.12. The monoisotopic (exact) mass is 313 g/mol. The van der Waals surface area contributed by atoms with Crippen LogP contribution >= 0.6 is 0 Å². The molecule has 0 spiro atoms. The number of carbonyl (C=O) groups is 1. The lowest BCUT2D eigenvalue weighted by Crippen LogP contribution is -2.51. The molecule has 23 heavy (non-hydrogen) atoms. The molecular formula is C18H23N3O2. The van der Waals surface area contributed by atoms with Gasteiger partial charge in [-0.15, -0.1) is 0 Å². The van der Waals surface area contributed by atoms with Gasteiger partial charge in [0.15, 0.2) is 0 Å². The number of aromatic nitrogens is 1. The fourth-order valence-electron chi connectivity index (χ4n) is 3.36. The zero-order valence-electron chi connectivity index (χ0n) is 13.7. The number of fused-ring (bicyclic) bond motifs is 1. The molecule has 2 atom stereocenters. The van der Waals surface area contributed by atoms with Gasteiger partial charge in [-0.25, -0.2) is 0 Å². The van der Waals surface area contributed by atoms with Crippen LogP contribution in [0.4, 0.5) is 0 Å². The molecule has 2 N–H and O–H groups in total. The van der Waals surface area contributed by atoms with Gasteiger partial charge in [-0.1, -0.05) is 18.2 Å². The van der Waals surface area contributed by atoms with Crippen molar-refractivity contribution in [3.05, 3.63) is 41.6 Å². The van der Waals surface area contributed by atoms with Crippen molar-refractivity contribution in [2.24, 2.45) is 5.73 Å². The number of nitrogens with zero attached hydrogens (tertiary/aromatic N) is 2. The summed E-state index contributed by atoms with van der Waals surface area (Å²) in [5, 5.41) is 0.896. The van der Waals surface area contributed by atoms with Gasteiger partial charge in [0, 0.05) is 37.3 Å². The van der Waals surface area contributed by atoms with Gasteiger partial charge < -0.3 is 15.4 Å². The van der Waals surface area contributed by atoms with Crippen molar-refractivity contribution in [2.45, 2.75) is 31.9 Å². The zero-order chi connectivity index (χ0) is 16.4. The third kappa shape index (κ3) is 3.07. The van der Waals surface area contributed by atoms with Gasteiger partial charge in [0.05, 0.1) is 17.2 Å². The topological polar surface area (TPSA) is 68.5 Å². The second kappa shape index (κ2) is 6.64. The molecule has 1 aliphatic heterocycles. The maximum absolute atomic E-state index is 13.1. The molecule has 2 aromatic rings. The van der Waals surface area contributed by atoms with Gasteiger partial charge in [-0.2, -0.15) is 0 Å². The number of aryl methyl sites for hydroxylation is 1. The fourth-order valence-corrected chi connectivity index (χ4v) is 3.36. The number of amides is 1. The SMILES string of the molecule is COC1CCN(C(=O)c2cc(C)nc3ccccc23)C(CN)C1. The number of hydrogen-bond donors (Lipinski definition) is 1. The number of nitrogens with two attached hydrogens (primary N) is 1. The summed E-state index contributed by atoms with van der Waals surface area (Å²) in [6, 6.07) is 9.67. The van der Waals surface area contributed by atoms with E-state index in [1.54, 1.807) is 7.11 Å². The lowest BCUT2D eigenvalue weighted by molar-refractivity contribution is 0.0140. The van der Waals surface area contributed by atoms with Crippen molar-refractivity contribution < 1.29 is 9.53 Å². The smallest absolute Gasteiger partial charge is 0.254 e. The maximum Gasteiger partial charge on any atom is 0.254 e. The van der Waals surface area contributed by atoms with Crippen LogP contribution in [-0.4, -0.2) is 48.1 Å². The van der Waals surface area contributed by atoms with E-state index in [2.05, 4.69) is 4.98 Å². The van der Waals surface area contributed by atoms with Crippen LogP contribution in [0.1, 0.15) is 28.9 Å². The minimum atomic E-state index is 0.0217. The van der Waals surface area contributed by atoms with Crippen LogP contribution < -0.4 is 5.73 Å². The number of likely N-dealkylation sites (tertiary alicyclic amines) is 1. The first-order chi connectivity index (χ1) is 11.1. The summed E-state index contributed by atoms with van der Waals surface area (Å²) in [5.74, 6) is 0.0386. The van der Waals surface area contributed by atoms with Gasteiger partial charge in [0.2, 0.25) is 0 Å². The highest BCUT2D eigenvalue weighted by atomic mass is 16.5. The Balaban J connectivity index is 1.97. The van der Waals surface area contributed by atoms with Crippen molar-refractivity contribution in [3.63, 3.8) is 0 Å². The average molecular weight is 313 g/mol. The Bertz CT molecular complexity index is 716. The molecule has 1 aromatic carbocycles. The van der Waals surface area contributed by atoms with E-state index in [4.69, 9.17) is 10.5 Å². The highest BCUT2D eigenvalue weighted by Crippen LogP contribution is 2.25. The molecule has 1 fully saturated rings. The number of carbonyl (C=O) groups excluding carboxylic acids is 1. The Morgan fingerprint density at radius 1 is 1.43 bits per heavy atom. The molecule has 2 heterocycles. The number of ether oxygens (including phenoxy) is 1. The number of pyridine rings is 1. The first kappa shape index (κ1) is 15.9. The second-order valence-electron chi connectivity index (χ2n) is 6.10. The van der Waals surface area contributed by atoms with E-state index < -0.39 is 0 Å². The van der Waals surface area contributed by atoms with Crippen molar-refractivity contribution >= 4 is 16.8 Å². The van der Waals surface area contributed by atoms with Crippen LogP contribution in [0.15, 0.2) is 30.3 Å². The highest BCUT2D eigenvalue weighted by Gasteiger charge is 2.32. The minimum absolute atomic E-state index is 0.0217. The predicted molar refractivity (Wildman–Crippen MR) is 90.4 cm³/mol. The van der Waals surface area contributed by atoms with Crippen LogP contribution in [0.3, 0.4) is 0 Å². The van der Waals surface area contributed by atoms with Crippen LogP contribution in [0.2, 0.25) is 0 Å². The fraction of sp³-hybridized carbons (Fsp3) is 0.444. The molecule has 2 unspecified atom stereocenters. The summed E-state index contributed by atoms with van der Waals surface area (Å²) in [6.45, 7) is 3.04. The summed E-state index contributed by atoms with van der Waals surface area (Å²) in [7, 11) is 1.72. The van der Waals surface area contributed by atoms with E-state index in [0.717, 1.165) is 29.4 Å². The Morgan fingerprint density at radius 3 is 2.96 bits per heavy atom. The Labute approximate surface area is 136 Å². The molecular weight excluding hydrogens is 290 g/mol. The summed E-state index contributed by atoms with van der Waals surface area (Å²) in [4.78, 5) is 19.5. The third-order valence-electron chi connectivity index (χ3n) is 4.61. The summed E-state index contributed by atoms with van der Waals surface area (Å²) >= 11 is 0. The quantitative estimate of drug-likeness (QED) is 0.942. The van der Waals surface area contributed by atoms with E-state index in [1.165, 1.54) is 0 Å². The molecule has 1 aliphatic rings. The van der Waals surface area contributed by atoms with Gasteiger partial charge >= 0.3 is 0 Å². The van der Waals surface area contributed by atoms with Crippen LogP contribution in [0.5, 0.6) is 0 Å². The Hall–Kier alpha value is -1.98. The van der Waals surface area contributed by atoms with Crippen molar-refractivity contribution in [1.29, 1.82) is 0 Å². The Morgan fingerprint density at radius 2 is 2.22 bits per heavy atom. The number of piperidine rings is 1. The molecule has 5 heteroatoms. The number of hydrogen-bond acceptors (Lipinski definition) is 4. The molecule has 1 saturated heterocycles. The average Bonchev–Trinajstić information content (AvgIpc) is 2.59. The molecule has 3 rings (SSSR count). The van der Waals surface area contributed by atoms with Gasteiger partial charge in [-0.05, 0) is 31.9 Å². The van der Waals surface area contributed by atoms with Crippen molar-refractivity contribution in [1.82, 2.24) is 9.88 Å². The van der Waals surface area contributed by atoms with E-state index >= 15 is 0 Å². The highest BCUT2D eigenvalue weighted by molar-refractivity contribution is 6.06. The largest absolute Gasteiger partial charge is 0.381 e. The zero-order valence-corrected chi connectivity index (χ0v) is 13.7. The molecule has 0 saturated carbocycles. The molecule has 5 nitrogen and oxygen atoms in total. The number of methoxy groups -OCH3 is 1. The number of para-hydroxylation sites is 1. The van der Waals surface area contributed by atoms with E-state index in [1.807, 2.05) is 42.2 Å². The first-order valence-electron chi connectivity index (χ1n) is 8.04. The minimum Gasteiger partial charge on any atom is -0.381 e. The van der Waals surface area contributed by atoms with Crippen molar-refractivity contribution in [2.75, 3.05) is 20.2 Å². The molecule has 0 bridgehead atoms. The Kier molecular flexibility index (Phi) is 4.59. The lowest BCUT2D eigenvalue weighted by Gasteiger charge is -2.38. The van der Waals surface area contributed by atoms with E-state index in [9.17, 15) is 4.79 Å². The van der Waals surface area contributed by atoms with Gasteiger partial charge in [0.25, 0.3) is 5.91 Å². The number of benzene rings is 1. The van der Waals surface area contributed by atoms with Crippen LogP contribution in [-0.2, 0) is 4.74 Å². The standard InChI is InChI=1S/C18H23N3O2/c1-12-9-16(15-5-3-4-6-17(15)20-12)18(22)21-8-7-14(23-2)10-13(21)11-19/h3-6,9,13-14H,7-8,10-11,19H2,1-2H3. The summed E-state index contributed by atoms with van der Waals surface area (Å²) in [5.41, 5.74) is 8.32. The van der Waals surface area contributed by atoms with Crippen molar-refractivity contribution in [3.8, 4) is 0 Å². The summed E-state index contributed by atoms with van der Waals surface area (Å²) < 4.78 is 5.44. The normalized spacial score (nSPS) is 21.6.